The number of rotatable bonds is 4. The van der Waals surface area contributed by atoms with E-state index in [1.54, 1.807) is 0 Å². The van der Waals surface area contributed by atoms with Gasteiger partial charge in [0.15, 0.2) is 0 Å². The predicted octanol–water partition coefficient (Wildman–Crippen LogP) is 3.32. The van der Waals surface area contributed by atoms with Crippen LogP contribution in [0.5, 0.6) is 0 Å². The SMILES string of the molecule is CCCN1CCC(Nc2cc(Br)ccc2N)CC1. The molecule has 1 fully saturated rings. The number of hydrogen-bond donors (Lipinski definition) is 2. The van der Waals surface area contributed by atoms with Crippen molar-refractivity contribution in [2.45, 2.75) is 32.2 Å². The first kappa shape index (κ1) is 13.7. The molecular formula is C14H22BrN3. The van der Waals surface area contributed by atoms with Gasteiger partial charge in [-0.25, -0.2) is 0 Å². The molecule has 0 saturated carbocycles. The molecule has 0 aliphatic carbocycles. The third kappa shape index (κ3) is 3.62. The van der Waals surface area contributed by atoms with Gasteiger partial charge in [0.05, 0.1) is 11.4 Å². The predicted molar refractivity (Wildman–Crippen MR) is 81.9 cm³/mol. The Kier molecular flexibility index (Phi) is 4.89. The van der Waals surface area contributed by atoms with Crippen LogP contribution in [-0.4, -0.2) is 30.6 Å². The van der Waals surface area contributed by atoms with Gasteiger partial charge < -0.3 is 16.0 Å². The zero-order valence-corrected chi connectivity index (χ0v) is 12.5. The van der Waals surface area contributed by atoms with Crippen molar-refractivity contribution in [1.82, 2.24) is 4.90 Å². The molecule has 0 aromatic heterocycles. The normalized spacial score (nSPS) is 17.9. The van der Waals surface area contributed by atoms with E-state index < -0.39 is 0 Å². The van der Waals surface area contributed by atoms with E-state index in [0.717, 1.165) is 15.8 Å². The number of nitrogens with two attached hydrogens (primary N) is 1. The molecule has 0 atom stereocenters. The number of nitrogens with one attached hydrogen (secondary N) is 1. The van der Waals surface area contributed by atoms with E-state index in [4.69, 9.17) is 5.73 Å². The number of anilines is 2. The summed E-state index contributed by atoms with van der Waals surface area (Å²) < 4.78 is 1.07. The molecule has 4 heteroatoms. The van der Waals surface area contributed by atoms with Crippen molar-refractivity contribution in [3.8, 4) is 0 Å². The fourth-order valence-electron chi connectivity index (χ4n) is 2.49. The minimum Gasteiger partial charge on any atom is -0.397 e. The molecule has 1 heterocycles. The molecule has 0 unspecified atom stereocenters. The molecule has 2 rings (SSSR count). The third-order valence-corrected chi connectivity index (χ3v) is 4.00. The van der Waals surface area contributed by atoms with Crippen molar-refractivity contribution in [3.05, 3.63) is 22.7 Å². The second-order valence-electron chi connectivity index (χ2n) is 4.99. The number of halogens is 1. The van der Waals surface area contributed by atoms with Gasteiger partial charge in [0.2, 0.25) is 0 Å². The summed E-state index contributed by atoms with van der Waals surface area (Å²) in [5.41, 5.74) is 7.87. The number of nitrogens with zero attached hydrogens (tertiary/aromatic N) is 1. The van der Waals surface area contributed by atoms with E-state index in [1.165, 1.54) is 38.9 Å². The lowest BCUT2D eigenvalue weighted by Crippen LogP contribution is -2.39. The molecule has 0 radical (unpaired) electrons. The first-order chi connectivity index (χ1) is 8.69. The van der Waals surface area contributed by atoms with Crippen molar-refractivity contribution in [2.75, 3.05) is 30.7 Å². The second kappa shape index (κ2) is 6.43. The zero-order chi connectivity index (χ0) is 13.0. The Morgan fingerprint density at radius 3 is 2.78 bits per heavy atom. The molecule has 0 amide bonds. The van der Waals surface area contributed by atoms with E-state index in [2.05, 4.69) is 39.1 Å². The number of piperidine rings is 1. The first-order valence-corrected chi connectivity index (χ1v) is 7.52. The van der Waals surface area contributed by atoms with Gasteiger partial charge in [-0.15, -0.1) is 0 Å². The van der Waals surface area contributed by atoms with Gasteiger partial charge >= 0.3 is 0 Å². The molecule has 0 spiro atoms. The smallest absolute Gasteiger partial charge is 0.0587 e. The quantitative estimate of drug-likeness (QED) is 0.838. The highest BCUT2D eigenvalue weighted by atomic mass is 79.9. The van der Waals surface area contributed by atoms with Gasteiger partial charge in [0, 0.05) is 23.6 Å². The minimum absolute atomic E-state index is 0.551. The fourth-order valence-corrected chi connectivity index (χ4v) is 2.85. The number of benzene rings is 1. The maximum absolute atomic E-state index is 5.99. The maximum atomic E-state index is 5.99. The van der Waals surface area contributed by atoms with Crippen LogP contribution in [0, 0.1) is 0 Å². The number of hydrogen-bond acceptors (Lipinski definition) is 3. The molecule has 0 bridgehead atoms. The summed E-state index contributed by atoms with van der Waals surface area (Å²) in [4.78, 5) is 2.54. The molecule has 1 saturated heterocycles. The third-order valence-electron chi connectivity index (χ3n) is 3.50. The Labute approximate surface area is 118 Å². The Morgan fingerprint density at radius 2 is 2.11 bits per heavy atom. The van der Waals surface area contributed by atoms with E-state index in [-0.39, 0.29) is 0 Å². The molecule has 3 nitrogen and oxygen atoms in total. The van der Waals surface area contributed by atoms with Crippen LogP contribution in [0.3, 0.4) is 0 Å². The Morgan fingerprint density at radius 1 is 1.39 bits per heavy atom. The zero-order valence-electron chi connectivity index (χ0n) is 11.0. The minimum atomic E-state index is 0.551. The van der Waals surface area contributed by atoms with Crippen molar-refractivity contribution < 1.29 is 0 Å². The summed E-state index contributed by atoms with van der Waals surface area (Å²) in [5, 5.41) is 3.57. The average Bonchev–Trinajstić information content (AvgIpc) is 2.37. The van der Waals surface area contributed by atoms with Gasteiger partial charge in [0.1, 0.15) is 0 Å². The van der Waals surface area contributed by atoms with Crippen LogP contribution >= 0.6 is 15.9 Å². The standard InChI is InChI=1S/C14H22BrN3/c1-2-7-18-8-5-12(6-9-18)17-14-10-11(15)3-4-13(14)16/h3-4,10,12,17H,2,5-9,16H2,1H3. The number of likely N-dealkylation sites (tertiary alicyclic amines) is 1. The fraction of sp³-hybridized carbons (Fsp3) is 0.571. The Hall–Kier alpha value is -0.740. The van der Waals surface area contributed by atoms with Crippen molar-refractivity contribution in [2.24, 2.45) is 0 Å². The van der Waals surface area contributed by atoms with Gasteiger partial charge in [-0.1, -0.05) is 22.9 Å². The van der Waals surface area contributed by atoms with Gasteiger partial charge in [-0.2, -0.15) is 0 Å². The van der Waals surface area contributed by atoms with E-state index in [9.17, 15) is 0 Å². The first-order valence-electron chi connectivity index (χ1n) is 6.73. The highest BCUT2D eigenvalue weighted by Crippen LogP contribution is 2.25. The molecule has 3 N–H and O–H groups in total. The second-order valence-corrected chi connectivity index (χ2v) is 5.91. The summed E-state index contributed by atoms with van der Waals surface area (Å²) >= 11 is 3.49. The Bertz CT molecular complexity index is 387. The lowest BCUT2D eigenvalue weighted by Gasteiger charge is -2.32. The average molecular weight is 312 g/mol. The lowest BCUT2D eigenvalue weighted by atomic mass is 10.0. The van der Waals surface area contributed by atoms with Crippen LogP contribution < -0.4 is 11.1 Å². The maximum Gasteiger partial charge on any atom is 0.0587 e. The van der Waals surface area contributed by atoms with Crippen molar-refractivity contribution >= 4 is 27.3 Å². The van der Waals surface area contributed by atoms with E-state index in [1.807, 2.05) is 12.1 Å². The summed E-state index contributed by atoms with van der Waals surface area (Å²) in [6.07, 6.45) is 3.65. The van der Waals surface area contributed by atoms with Crippen molar-refractivity contribution in [3.63, 3.8) is 0 Å². The van der Waals surface area contributed by atoms with E-state index >= 15 is 0 Å². The van der Waals surface area contributed by atoms with Gasteiger partial charge in [-0.3, -0.25) is 0 Å². The molecular weight excluding hydrogens is 290 g/mol. The summed E-state index contributed by atoms with van der Waals surface area (Å²) in [7, 11) is 0. The monoisotopic (exact) mass is 311 g/mol. The summed E-state index contributed by atoms with van der Waals surface area (Å²) in [6.45, 7) is 5.86. The van der Waals surface area contributed by atoms with Crippen LogP contribution in [0.2, 0.25) is 0 Å². The van der Waals surface area contributed by atoms with E-state index in [0.29, 0.717) is 6.04 Å². The van der Waals surface area contributed by atoms with Crippen LogP contribution in [-0.2, 0) is 0 Å². The van der Waals surface area contributed by atoms with Crippen LogP contribution in [0.15, 0.2) is 22.7 Å². The molecule has 18 heavy (non-hydrogen) atoms. The molecule has 1 aromatic carbocycles. The Balaban J connectivity index is 1.89. The number of nitrogen functional groups attached to an aromatic ring is 1. The highest BCUT2D eigenvalue weighted by Gasteiger charge is 2.18. The van der Waals surface area contributed by atoms with Crippen LogP contribution in [0.4, 0.5) is 11.4 Å². The summed E-state index contributed by atoms with van der Waals surface area (Å²) in [6, 6.07) is 6.53. The van der Waals surface area contributed by atoms with Crippen LogP contribution in [0.1, 0.15) is 26.2 Å². The topological polar surface area (TPSA) is 41.3 Å². The molecule has 100 valence electrons. The van der Waals surface area contributed by atoms with Gasteiger partial charge in [0.25, 0.3) is 0 Å². The molecule has 1 aromatic rings. The lowest BCUT2D eigenvalue weighted by molar-refractivity contribution is 0.219. The summed E-state index contributed by atoms with van der Waals surface area (Å²) in [5.74, 6) is 0. The highest BCUT2D eigenvalue weighted by molar-refractivity contribution is 9.10. The molecule has 1 aliphatic heterocycles. The van der Waals surface area contributed by atoms with Crippen molar-refractivity contribution in [1.29, 1.82) is 0 Å². The molecule has 1 aliphatic rings. The largest absolute Gasteiger partial charge is 0.397 e. The van der Waals surface area contributed by atoms with Crippen LogP contribution in [0.25, 0.3) is 0 Å². The van der Waals surface area contributed by atoms with Gasteiger partial charge in [-0.05, 0) is 44.0 Å².